The van der Waals surface area contributed by atoms with Crippen LogP contribution in [0.4, 0.5) is 0 Å². The van der Waals surface area contributed by atoms with E-state index in [1.807, 2.05) is 6.08 Å². The first-order valence-corrected chi connectivity index (χ1v) is 5.19. The van der Waals surface area contributed by atoms with Crippen LogP contribution < -0.4 is 4.72 Å². The van der Waals surface area contributed by atoms with Crippen molar-refractivity contribution in [2.45, 2.75) is 4.90 Å². The summed E-state index contributed by atoms with van der Waals surface area (Å²) in [5, 5.41) is 0. The second-order valence-corrected chi connectivity index (χ2v) is 4.11. The highest BCUT2D eigenvalue weighted by atomic mass is 32.2. The molecule has 0 aliphatic carbocycles. The van der Waals surface area contributed by atoms with Crippen LogP contribution in [-0.2, 0) is 14.8 Å². The predicted octanol–water partition coefficient (Wildman–Crippen LogP) is 0.481. The van der Waals surface area contributed by atoms with Gasteiger partial charge in [0, 0.05) is 6.08 Å². The fourth-order valence-electron chi connectivity index (χ4n) is 0.817. The molecule has 0 atom stereocenters. The van der Waals surface area contributed by atoms with Gasteiger partial charge >= 0.3 is 0 Å². The molecule has 0 saturated carbocycles. The molecule has 0 aromatic heterocycles. The summed E-state index contributed by atoms with van der Waals surface area (Å²) in [5.74, 6) is -0.867. The minimum absolute atomic E-state index is 0.0311. The van der Waals surface area contributed by atoms with Crippen LogP contribution in [0.3, 0.4) is 0 Å². The average molecular weight is 210 g/mol. The standard InChI is InChI=1S/C9H8NO3S/c1-2-9(11)10-14(12,13)8-6-4-3-5-7-8/h3-7H,1H2,(H,10,11). The predicted molar refractivity (Wildman–Crippen MR) is 50.6 cm³/mol. The maximum atomic E-state index is 11.4. The summed E-state index contributed by atoms with van der Waals surface area (Å²) in [7, 11) is -3.77. The van der Waals surface area contributed by atoms with Crippen molar-refractivity contribution >= 4 is 15.9 Å². The van der Waals surface area contributed by atoms with E-state index in [-0.39, 0.29) is 4.90 Å². The second-order valence-electron chi connectivity index (χ2n) is 2.42. The van der Waals surface area contributed by atoms with E-state index < -0.39 is 15.9 Å². The van der Waals surface area contributed by atoms with E-state index in [1.54, 1.807) is 22.9 Å². The molecular weight excluding hydrogens is 202 g/mol. The lowest BCUT2D eigenvalue weighted by Gasteiger charge is -2.03. The number of carbonyl (C=O) groups is 1. The van der Waals surface area contributed by atoms with Crippen LogP contribution in [-0.4, -0.2) is 14.3 Å². The van der Waals surface area contributed by atoms with Gasteiger partial charge in [0.05, 0.1) is 4.90 Å². The highest BCUT2D eigenvalue weighted by Crippen LogP contribution is 2.06. The third-order valence-corrected chi connectivity index (χ3v) is 2.79. The Morgan fingerprint density at radius 1 is 1.29 bits per heavy atom. The topological polar surface area (TPSA) is 63.2 Å². The maximum Gasteiger partial charge on any atom is 0.265 e. The summed E-state index contributed by atoms with van der Waals surface area (Å²) < 4.78 is 24.6. The summed E-state index contributed by atoms with van der Waals surface area (Å²) in [4.78, 5) is 10.8. The molecule has 0 saturated heterocycles. The van der Waals surface area contributed by atoms with Crippen LogP contribution >= 0.6 is 0 Å². The van der Waals surface area contributed by atoms with E-state index in [0.29, 0.717) is 0 Å². The van der Waals surface area contributed by atoms with E-state index in [4.69, 9.17) is 0 Å². The first-order valence-electron chi connectivity index (χ1n) is 3.71. The average Bonchev–Trinajstić information content (AvgIpc) is 2.18. The monoisotopic (exact) mass is 210 g/mol. The normalized spacial score (nSPS) is 10.6. The van der Waals surface area contributed by atoms with Gasteiger partial charge in [0.15, 0.2) is 0 Å². The van der Waals surface area contributed by atoms with Gasteiger partial charge in [-0.25, -0.2) is 13.1 Å². The molecule has 1 rings (SSSR count). The van der Waals surface area contributed by atoms with Gasteiger partial charge in [-0.1, -0.05) is 24.8 Å². The van der Waals surface area contributed by atoms with Crippen LogP contribution in [0.2, 0.25) is 0 Å². The summed E-state index contributed by atoms with van der Waals surface area (Å²) in [5.41, 5.74) is 0. The van der Waals surface area contributed by atoms with Crippen LogP contribution in [0.1, 0.15) is 0 Å². The number of sulfonamides is 1. The molecule has 0 spiro atoms. The van der Waals surface area contributed by atoms with Crippen LogP contribution in [0.25, 0.3) is 0 Å². The van der Waals surface area contributed by atoms with Gasteiger partial charge in [-0.2, -0.15) is 0 Å². The molecule has 5 heteroatoms. The Labute approximate surface area is 82.3 Å². The van der Waals surface area contributed by atoms with Crippen molar-refractivity contribution in [3.63, 3.8) is 0 Å². The highest BCUT2D eigenvalue weighted by molar-refractivity contribution is 7.90. The Morgan fingerprint density at radius 2 is 1.86 bits per heavy atom. The van der Waals surface area contributed by atoms with Crippen LogP contribution in [0, 0.1) is 6.08 Å². The number of nitrogens with one attached hydrogen (secondary N) is 1. The minimum Gasteiger partial charge on any atom is -0.268 e. The Balaban J connectivity index is 2.98. The lowest BCUT2D eigenvalue weighted by atomic mass is 10.4. The maximum absolute atomic E-state index is 11.4. The van der Waals surface area contributed by atoms with E-state index in [9.17, 15) is 13.2 Å². The number of hydrogen-bond acceptors (Lipinski definition) is 3. The molecular formula is C9H8NO3S. The third kappa shape index (κ3) is 2.43. The number of benzene rings is 1. The quantitative estimate of drug-likeness (QED) is 0.738. The van der Waals surface area contributed by atoms with Gasteiger partial charge in [-0.05, 0) is 12.1 Å². The second kappa shape index (κ2) is 4.06. The fraction of sp³-hybridized carbons (Fsp3) is 0. The number of rotatable bonds is 3. The molecule has 0 unspecified atom stereocenters. The van der Waals surface area contributed by atoms with Crippen molar-refractivity contribution in [1.29, 1.82) is 0 Å². The zero-order chi connectivity index (χ0) is 10.6. The van der Waals surface area contributed by atoms with Gasteiger partial charge in [-0.15, -0.1) is 0 Å². The van der Waals surface area contributed by atoms with E-state index in [1.165, 1.54) is 12.1 Å². The van der Waals surface area contributed by atoms with E-state index in [2.05, 4.69) is 6.58 Å². The van der Waals surface area contributed by atoms with Crippen LogP contribution in [0.15, 0.2) is 41.8 Å². The molecule has 1 radical (unpaired) electrons. The molecule has 1 N–H and O–H groups in total. The molecule has 4 nitrogen and oxygen atoms in total. The zero-order valence-electron chi connectivity index (χ0n) is 7.23. The minimum atomic E-state index is -3.77. The Kier molecular flexibility index (Phi) is 3.03. The summed E-state index contributed by atoms with van der Waals surface area (Å²) >= 11 is 0. The van der Waals surface area contributed by atoms with Gasteiger partial charge in [0.25, 0.3) is 15.9 Å². The third-order valence-electron chi connectivity index (χ3n) is 1.44. The van der Waals surface area contributed by atoms with Crippen LogP contribution in [0.5, 0.6) is 0 Å². The molecule has 0 heterocycles. The van der Waals surface area contributed by atoms with Crippen molar-refractivity contribution in [2.75, 3.05) is 0 Å². The number of carbonyl (C=O) groups excluding carboxylic acids is 1. The number of amides is 1. The van der Waals surface area contributed by atoms with E-state index in [0.717, 1.165) is 0 Å². The largest absolute Gasteiger partial charge is 0.268 e. The first-order chi connectivity index (χ1) is 6.56. The fourth-order valence-corrected chi connectivity index (χ4v) is 1.77. The molecule has 1 aromatic rings. The molecule has 14 heavy (non-hydrogen) atoms. The molecule has 73 valence electrons. The first kappa shape index (κ1) is 10.5. The Bertz CT molecular complexity index is 436. The highest BCUT2D eigenvalue weighted by Gasteiger charge is 2.14. The molecule has 0 fully saturated rings. The smallest absolute Gasteiger partial charge is 0.265 e. The SMILES string of the molecule is C=[C]C(=O)NS(=O)(=O)c1ccccc1. The van der Waals surface area contributed by atoms with E-state index >= 15 is 0 Å². The molecule has 0 aliphatic rings. The zero-order valence-corrected chi connectivity index (χ0v) is 8.04. The number of hydrogen-bond donors (Lipinski definition) is 1. The van der Waals surface area contributed by atoms with Gasteiger partial charge in [0.2, 0.25) is 0 Å². The lowest BCUT2D eigenvalue weighted by Crippen LogP contribution is -2.29. The van der Waals surface area contributed by atoms with Crippen molar-refractivity contribution in [3.8, 4) is 0 Å². The Hall–Kier alpha value is -1.62. The van der Waals surface area contributed by atoms with Gasteiger partial charge < -0.3 is 0 Å². The lowest BCUT2D eigenvalue weighted by molar-refractivity contribution is -0.115. The molecule has 0 aliphatic heterocycles. The van der Waals surface area contributed by atoms with Gasteiger partial charge in [0.1, 0.15) is 0 Å². The van der Waals surface area contributed by atoms with Gasteiger partial charge in [-0.3, -0.25) is 4.79 Å². The summed E-state index contributed by atoms with van der Waals surface area (Å²) in [6, 6.07) is 7.59. The molecule has 1 aromatic carbocycles. The van der Waals surface area contributed by atoms with Crippen molar-refractivity contribution < 1.29 is 13.2 Å². The molecule has 0 bridgehead atoms. The summed E-state index contributed by atoms with van der Waals surface area (Å²) in [6.45, 7) is 3.04. The van der Waals surface area contributed by atoms with Crippen molar-refractivity contribution in [3.05, 3.63) is 43.0 Å². The molecule has 1 amide bonds. The summed E-state index contributed by atoms with van der Waals surface area (Å²) in [6.07, 6.45) is 1.91. The Morgan fingerprint density at radius 3 is 2.36 bits per heavy atom. The van der Waals surface area contributed by atoms with Crippen molar-refractivity contribution in [1.82, 2.24) is 4.72 Å². The van der Waals surface area contributed by atoms with Crippen molar-refractivity contribution in [2.24, 2.45) is 0 Å².